The summed E-state index contributed by atoms with van der Waals surface area (Å²) in [7, 11) is 0. The Morgan fingerprint density at radius 3 is 2.14 bits per heavy atom. The molecule has 200 valence electrons. The Morgan fingerprint density at radius 2 is 1.62 bits per heavy atom. The molecular formula is C34H47NO2. The van der Waals surface area contributed by atoms with Gasteiger partial charge in [-0.15, -0.1) is 18.9 Å². The lowest BCUT2D eigenvalue weighted by Crippen LogP contribution is -2.26. The van der Waals surface area contributed by atoms with Crippen LogP contribution in [-0.2, 0) is 9.59 Å². The van der Waals surface area contributed by atoms with Crippen LogP contribution in [0.3, 0.4) is 0 Å². The zero-order chi connectivity index (χ0) is 29.1. The molecule has 0 aromatic heterocycles. The number of Topliss-reactive ketones (excluding diaryl/α,β-unsaturated/α-hetero) is 2. The maximum Gasteiger partial charge on any atom is 0.176 e. The van der Waals surface area contributed by atoms with Crippen LogP contribution in [0, 0.1) is 11.8 Å². The summed E-state index contributed by atoms with van der Waals surface area (Å²) in [5.74, 6) is -1.05. The summed E-state index contributed by atoms with van der Waals surface area (Å²) < 4.78 is 0. The largest absolute Gasteiger partial charge is 0.293 e. The van der Waals surface area contributed by atoms with Crippen LogP contribution in [0.5, 0.6) is 0 Å². The van der Waals surface area contributed by atoms with Crippen LogP contribution in [-0.4, -0.2) is 17.3 Å². The van der Waals surface area contributed by atoms with Crippen LogP contribution < -0.4 is 0 Å². The van der Waals surface area contributed by atoms with Gasteiger partial charge in [0, 0.05) is 11.1 Å². The van der Waals surface area contributed by atoms with Crippen molar-refractivity contribution in [1.82, 2.24) is 0 Å². The monoisotopic (exact) mass is 501 g/mol. The molecule has 0 radical (unpaired) electrons. The van der Waals surface area contributed by atoms with Crippen molar-refractivity contribution in [2.75, 3.05) is 0 Å². The van der Waals surface area contributed by atoms with Gasteiger partial charge in [0.15, 0.2) is 11.6 Å². The van der Waals surface area contributed by atoms with E-state index in [1.165, 1.54) is 0 Å². The number of hydrogen-bond acceptors (Lipinski definition) is 3. The molecule has 1 aliphatic rings. The first kappa shape index (κ1) is 35.6. The summed E-state index contributed by atoms with van der Waals surface area (Å²) in [4.78, 5) is 31.2. The molecular weight excluding hydrogens is 454 g/mol. The minimum absolute atomic E-state index is 0.169. The summed E-state index contributed by atoms with van der Waals surface area (Å²) in [5.41, 5.74) is 8.24. The number of nitrogens with zero attached hydrogens (tertiary/aromatic N) is 1. The van der Waals surface area contributed by atoms with Crippen LogP contribution in [0.4, 0.5) is 0 Å². The highest BCUT2D eigenvalue weighted by molar-refractivity contribution is 6.36. The lowest BCUT2D eigenvalue weighted by Gasteiger charge is -2.11. The molecule has 0 amide bonds. The molecule has 2 atom stereocenters. The van der Waals surface area contributed by atoms with E-state index in [0.717, 1.165) is 16.7 Å². The summed E-state index contributed by atoms with van der Waals surface area (Å²) in [6.07, 6.45) is 15.4. The predicted octanol–water partition coefficient (Wildman–Crippen LogP) is 9.21. The number of ketones is 2. The van der Waals surface area contributed by atoms with Gasteiger partial charge in [-0.1, -0.05) is 76.0 Å². The highest BCUT2D eigenvalue weighted by atomic mass is 16.2. The van der Waals surface area contributed by atoms with E-state index in [1.54, 1.807) is 25.2 Å². The number of carbonyl (C=O) groups excluding carboxylic acids is 2. The normalized spacial score (nSPS) is 17.4. The maximum atomic E-state index is 13.4. The number of aliphatic imine (C=N–C) groups is 1. The third-order valence-electron chi connectivity index (χ3n) is 5.83. The molecule has 1 aliphatic carbocycles. The van der Waals surface area contributed by atoms with Gasteiger partial charge < -0.3 is 0 Å². The zero-order valence-corrected chi connectivity index (χ0v) is 24.6. The Bertz CT molecular complexity index is 1080. The molecule has 0 saturated heterocycles. The molecule has 0 aromatic carbocycles. The number of allylic oxidation sites excluding steroid dienone is 13. The molecule has 0 fully saturated rings. The molecule has 0 saturated carbocycles. The van der Waals surface area contributed by atoms with E-state index in [-0.39, 0.29) is 17.5 Å². The van der Waals surface area contributed by atoms with Crippen molar-refractivity contribution in [1.29, 1.82) is 0 Å². The van der Waals surface area contributed by atoms with E-state index in [4.69, 9.17) is 0 Å². The molecule has 2 unspecified atom stereocenters. The first-order chi connectivity index (χ1) is 17.6. The fraction of sp³-hybridized carbons (Fsp3) is 0.353. The van der Waals surface area contributed by atoms with Crippen molar-refractivity contribution < 1.29 is 9.59 Å². The second-order valence-corrected chi connectivity index (χ2v) is 8.29. The van der Waals surface area contributed by atoms with Crippen LogP contribution in [0.15, 0.2) is 119 Å². The molecule has 37 heavy (non-hydrogen) atoms. The van der Waals surface area contributed by atoms with Crippen LogP contribution >= 0.6 is 0 Å². The highest BCUT2D eigenvalue weighted by Crippen LogP contribution is 2.31. The minimum Gasteiger partial charge on any atom is -0.293 e. The van der Waals surface area contributed by atoms with Crippen molar-refractivity contribution >= 4 is 17.3 Å². The molecule has 3 nitrogen and oxygen atoms in total. The summed E-state index contributed by atoms with van der Waals surface area (Å²) in [5, 5.41) is 0. The molecule has 1 rings (SSSR count). The Kier molecular flexibility index (Phi) is 18.9. The Morgan fingerprint density at radius 1 is 1.03 bits per heavy atom. The predicted molar refractivity (Wildman–Crippen MR) is 164 cm³/mol. The van der Waals surface area contributed by atoms with Crippen molar-refractivity contribution in [2.24, 2.45) is 16.8 Å². The van der Waals surface area contributed by atoms with Gasteiger partial charge in [-0.3, -0.25) is 9.59 Å². The third-order valence-corrected chi connectivity index (χ3v) is 5.83. The molecule has 0 aliphatic heterocycles. The second kappa shape index (κ2) is 19.6. The summed E-state index contributed by atoms with van der Waals surface area (Å²) >= 11 is 0. The smallest absolute Gasteiger partial charge is 0.176 e. The number of hydrogen-bond donors (Lipinski definition) is 0. The van der Waals surface area contributed by atoms with Gasteiger partial charge in [0.2, 0.25) is 0 Å². The molecule has 0 N–H and O–H groups in total. The second-order valence-electron chi connectivity index (χ2n) is 8.29. The molecule has 0 aromatic rings. The van der Waals surface area contributed by atoms with Gasteiger partial charge in [0.05, 0.1) is 11.4 Å². The topological polar surface area (TPSA) is 46.5 Å². The Hall–Kier alpha value is -3.55. The quantitative estimate of drug-likeness (QED) is 0.0984. The van der Waals surface area contributed by atoms with Gasteiger partial charge in [-0.05, 0) is 77.2 Å². The van der Waals surface area contributed by atoms with E-state index in [1.807, 2.05) is 72.8 Å². The SMILES string of the molecule is C=C.C=C/C=C\C(C)/C(C)=C\CC1=C(C)C(=O)C(C(/C=C(C)\C(C)=C\C=C)=NC(C)=C=CC)C1=O.CC. The number of carbonyl (C=O) groups is 2. The number of rotatable bonds is 10. The van der Waals surface area contributed by atoms with Gasteiger partial charge in [0.25, 0.3) is 0 Å². The standard InChI is InChI=1S/C30H37NO2.C2H6.C2H4/c1-10-13-16-21(5)22(6)17-18-26-25(9)29(32)28(30(26)33)27(31-24(8)15-12-3)19-23(7)20(4)14-11-2;2*1-2/h10-14,16-17,19,21,28H,1-2,18H2,3-9H3;1-2H3;1-2H2/b16-13-,20-14+,22-17-,23-19-,31-27?;;. The first-order valence-corrected chi connectivity index (χ1v) is 12.8. The third kappa shape index (κ3) is 11.4. The fourth-order valence-corrected chi connectivity index (χ4v) is 3.47. The first-order valence-electron chi connectivity index (χ1n) is 12.8. The van der Waals surface area contributed by atoms with E-state index in [2.05, 4.69) is 50.0 Å². The summed E-state index contributed by atoms with van der Waals surface area (Å²) in [6.45, 7) is 30.9. The highest BCUT2D eigenvalue weighted by Gasteiger charge is 2.40. The van der Waals surface area contributed by atoms with Gasteiger partial charge in [-0.25, -0.2) is 4.99 Å². The van der Waals surface area contributed by atoms with Gasteiger partial charge in [-0.2, -0.15) is 0 Å². The van der Waals surface area contributed by atoms with Crippen LogP contribution in [0.25, 0.3) is 0 Å². The van der Waals surface area contributed by atoms with Crippen molar-refractivity contribution in [3.63, 3.8) is 0 Å². The maximum absolute atomic E-state index is 13.4. The minimum atomic E-state index is -0.924. The van der Waals surface area contributed by atoms with Gasteiger partial charge in [0.1, 0.15) is 5.92 Å². The van der Waals surface area contributed by atoms with Crippen molar-refractivity contribution in [3.05, 3.63) is 114 Å². The summed E-state index contributed by atoms with van der Waals surface area (Å²) in [6, 6.07) is 0. The van der Waals surface area contributed by atoms with Crippen LogP contribution in [0.2, 0.25) is 0 Å². The Balaban J connectivity index is 0. The lowest BCUT2D eigenvalue weighted by atomic mass is 9.92. The Labute approximate surface area is 226 Å². The molecule has 3 heteroatoms. The zero-order valence-electron chi connectivity index (χ0n) is 24.6. The average Bonchev–Trinajstić information content (AvgIpc) is 3.10. The molecule has 0 bridgehead atoms. The van der Waals surface area contributed by atoms with Gasteiger partial charge >= 0.3 is 0 Å². The lowest BCUT2D eigenvalue weighted by molar-refractivity contribution is -0.123. The molecule has 0 spiro atoms. The van der Waals surface area contributed by atoms with E-state index in [9.17, 15) is 9.59 Å². The van der Waals surface area contributed by atoms with Crippen molar-refractivity contribution in [3.8, 4) is 0 Å². The van der Waals surface area contributed by atoms with E-state index < -0.39 is 5.92 Å². The van der Waals surface area contributed by atoms with Crippen LogP contribution in [0.1, 0.15) is 68.7 Å². The fourth-order valence-electron chi connectivity index (χ4n) is 3.47. The van der Waals surface area contributed by atoms with E-state index in [0.29, 0.717) is 29.0 Å². The average molecular weight is 502 g/mol. The van der Waals surface area contributed by atoms with Crippen molar-refractivity contribution in [2.45, 2.75) is 68.7 Å². The molecule has 0 heterocycles. The van der Waals surface area contributed by atoms with E-state index >= 15 is 0 Å².